The Morgan fingerprint density at radius 3 is 2.83 bits per heavy atom. The molecule has 3 nitrogen and oxygen atoms in total. The minimum absolute atomic E-state index is 0.244. The Bertz CT molecular complexity index is 582. The van der Waals surface area contributed by atoms with Crippen molar-refractivity contribution in [3.05, 3.63) is 56.2 Å². The highest BCUT2D eigenvalue weighted by Gasteiger charge is 2.04. The lowest BCUT2D eigenvalue weighted by Gasteiger charge is -1.99. The van der Waals surface area contributed by atoms with Gasteiger partial charge in [-0.2, -0.15) is 5.10 Å². The molecule has 0 radical (unpaired) electrons. The van der Waals surface area contributed by atoms with E-state index in [0.29, 0.717) is 20.5 Å². The van der Waals surface area contributed by atoms with Gasteiger partial charge >= 0.3 is 0 Å². The van der Waals surface area contributed by atoms with Gasteiger partial charge in [0, 0.05) is 10.6 Å². The van der Waals surface area contributed by atoms with Crippen LogP contribution in [0.25, 0.3) is 0 Å². The molecule has 0 atom stereocenters. The minimum atomic E-state index is -0.244. The summed E-state index contributed by atoms with van der Waals surface area (Å²) < 4.78 is 0. The summed E-state index contributed by atoms with van der Waals surface area (Å²) in [5.74, 6) is -0.244. The number of nitrogens with zero attached hydrogens (tertiary/aromatic N) is 1. The molecule has 0 saturated carbocycles. The van der Waals surface area contributed by atoms with Crippen LogP contribution < -0.4 is 5.43 Å². The second-order valence-electron chi connectivity index (χ2n) is 3.34. The fourth-order valence-corrected chi connectivity index (χ4v) is 2.30. The zero-order chi connectivity index (χ0) is 13.0. The largest absolute Gasteiger partial charge is 0.281 e. The predicted octanol–water partition coefficient (Wildman–Crippen LogP) is 3.82. The normalized spacial score (nSPS) is 10.8. The number of nitrogens with one attached hydrogen (secondary N) is 1. The summed E-state index contributed by atoms with van der Waals surface area (Å²) in [5.41, 5.74) is 3.11. The SMILES string of the molecule is O=C(N/N=C\c1ccc(Cl)cc1Cl)c1cccs1. The first-order valence-electron chi connectivity index (χ1n) is 4.99. The molecule has 1 amide bonds. The molecule has 0 spiro atoms. The molecule has 0 aliphatic carbocycles. The van der Waals surface area contributed by atoms with Crippen LogP contribution >= 0.6 is 34.5 Å². The number of hydrazone groups is 1. The molecule has 1 N–H and O–H groups in total. The van der Waals surface area contributed by atoms with Crippen LogP contribution in [0.1, 0.15) is 15.2 Å². The second kappa shape index (κ2) is 6.00. The number of halogens is 2. The number of rotatable bonds is 3. The van der Waals surface area contributed by atoms with E-state index in [1.165, 1.54) is 17.6 Å². The summed E-state index contributed by atoms with van der Waals surface area (Å²) in [6.45, 7) is 0. The fraction of sp³-hybridized carbons (Fsp3) is 0. The van der Waals surface area contributed by atoms with E-state index < -0.39 is 0 Å². The average molecular weight is 299 g/mol. The van der Waals surface area contributed by atoms with Crippen LogP contribution in [-0.4, -0.2) is 12.1 Å². The smallest absolute Gasteiger partial charge is 0.266 e. The third kappa shape index (κ3) is 3.32. The van der Waals surface area contributed by atoms with E-state index in [-0.39, 0.29) is 5.91 Å². The van der Waals surface area contributed by atoms with Crippen molar-refractivity contribution in [1.29, 1.82) is 0 Å². The van der Waals surface area contributed by atoms with E-state index in [4.69, 9.17) is 23.2 Å². The molecule has 1 heterocycles. The summed E-state index contributed by atoms with van der Waals surface area (Å²) in [5, 5.41) is 6.71. The van der Waals surface area contributed by atoms with E-state index in [1.54, 1.807) is 30.3 Å². The zero-order valence-corrected chi connectivity index (χ0v) is 11.4. The summed E-state index contributed by atoms with van der Waals surface area (Å²) in [7, 11) is 0. The summed E-state index contributed by atoms with van der Waals surface area (Å²) in [4.78, 5) is 12.2. The molecule has 2 aromatic rings. The standard InChI is InChI=1S/C12H8Cl2N2OS/c13-9-4-3-8(10(14)6-9)7-15-16-12(17)11-2-1-5-18-11/h1-7H,(H,16,17)/b15-7-. The van der Waals surface area contributed by atoms with Gasteiger partial charge in [-0.05, 0) is 23.6 Å². The van der Waals surface area contributed by atoms with E-state index in [1.807, 2.05) is 5.38 Å². The first-order chi connectivity index (χ1) is 8.66. The number of carbonyl (C=O) groups excluding carboxylic acids is 1. The van der Waals surface area contributed by atoms with Crippen LogP contribution in [0, 0.1) is 0 Å². The molecule has 0 bridgehead atoms. The molecule has 18 heavy (non-hydrogen) atoms. The van der Waals surface area contributed by atoms with Crippen LogP contribution in [0.3, 0.4) is 0 Å². The van der Waals surface area contributed by atoms with Gasteiger partial charge in [-0.3, -0.25) is 4.79 Å². The molecule has 0 aliphatic heterocycles. The van der Waals surface area contributed by atoms with Crippen molar-refractivity contribution >= 4 is 46.7 Å². The zero-order valence-electron chi connectivity index (χ0n) is 9.06. The summed E-state index contributed by atoms with van der Waals surface area (Å²) in [6, 6.07) is 8.58. The number of amides is 1. The molecule has 0 saturated heterocycles. The summed E-state index contributed by atoms with van der Waals surface area (Å²) >= 11 is 13.1. The van der Waals surface area contributed by atoms with Gasteiger partial charge in [-0.1, -0.05) is 35.3 Å². The topological polar surface area (TPSA) is 41.5 Å². The first-order valence-corrected chi connectivity index (χ1v) is 6.62. The maximum Gasteiger partial charge on any atom is 0.281 e. The van der Waals surface area contributed by atoms with Crippen molar-refractivity contribution in [1.82, 2.24) is 5.43 Å². The molecule has 0 aliphatic rings. The lowest BCUT2D eigenvalue weighted by molar-refractivity contribution is 0.0959. The number of hydrogen-bond acceptors (Lipinski definition) is 3. The number of thiophene rings is 1. The van der Waals surface area contributed by atoms with Gasteiger partial charge in [0.25, 0.3) is 5.91 Å². The Labute approximate surface area is 118 Å². The molecule has 1 aromatic carbocycles. The highest BCUT2D eigenvalue weighted by atomic mass is 35.5. The highest BCUT2D eigenvalue weighted by Crippen LogP contribution is 2.19. The van der Waals surface area contributed by atoms with Gasteiger partial charge in [0.15, 0.2) is 0 Å². The number of hydrogen-bond donors (Lipinski definition) is 1. The van der Waals surface area contributed by atoms with E-state index in [9.17, 15) is 4.79 Å². The summed E-state index contributed by atoms with van der Waals surface area (Å²) in [6.07, 6.45) is 1.48. The lowest BCUT2D eigenvalue weighted by atomic mass is 10.2. The molecule has 0 fully saturated rings. The van der Waals surface area contributed by atoms with Crippen LogP contribution in [0.15, 0.2) is 40.8 Å². The molecule has 2 rings (SSSR count). The lowest BCUT2D eigenvalue weighted by Crippen LogP contribution is -2.16. The molecule has 0 unspecified atom stereocenters. The quantitative estimate of drug-likeness (QED) is 0.679. The Kier molecular flexibility index (Phi) is 4.36. The van der Waals surface area contributed by atoms with Crippen molar-refractivity contribution in [2.75, 3.05) is 0 Å². The molecule has 6 heteroatoms. The Morgan fingerprint density at radius 2 is 2.17 bits per heavy atom. The van der Waals surface area contributed by atoms with Gasteiger partial charge in [0.1, 0.15) is 0 Å². The average Bonchev–Trinajstić information content (AvgIpc) is 2.85. The van der Waals surface area contributed by atoms with Crippen LogP contribution in [-0.2, 0) is 0 Å². The van der Waals surface area contributed by atoms with Crippen molar-refractivity contribution in [2.24, 2.45) is 5.10 Å². The monoisotopic (exact) mass is 298 g/mol. The van der Waals surface area contributed by atoms with Crippen molar-refractivity contribution in [3.63, 3.8) is 0 Å². The first kappa shape index (κ1) is 13.1. The molecule has 92 valence electrons. The maximum absolute atomic E-state index is 11.6. The van der Waals surface area contributed by atoms with Gasteiger partial charge in [0.05, 0.1) is 16.1 Å². The van der Waals surface area contributed by atoms with Gasteiger partial charge in [-0.25, -0.2) is 5.43 Å². The molecule has 1 aromatic heterocycles. The minimum Gasteiger partial charge on any atom is -0.266 e. The highest BCUT2D eigenvalue weighted by molar-refractivity contribution is 7.12. The second-order valence-corrected chi connectivity index (χ2v) is 5.13. The number of benzene rings is 1. The predicted molar refractivity (Wildman–Crippen MR) is 75.8 cm³/mol. The third-order valence-corrected chi connectivity index (χ3v) is 3.51. The van der Waals surface area contributed by atoms with Crippen molar-refractivity contribution < 1.29 is 4.79 Å². The third-order valence-electron chi connectivity index (χ3n) is 2.08. The number of carbonyl (C=O) groups is 1. The Balaban J connectivity index is 2.01. The molecular formula is C12H8Cl2N2OS. The van der Waals surface area contributed by atoms with Gasteiger partial charge < -0.3 is 0 Å². The van der Waals surface area contributed by atoms with Crippen molar-refractivity contribution in [2.45, 2.75) is 0 Å². The fourth-order valence-electron chi connectivity index (χ4n) is 1.23. The van der Waals surface area contributed by atoms with E-state index in [2.05, 4.69) is 10.5 Å². The van der Waals surface area contributed by atoms with Crippen LogP contribution in [0.4, 0.5) is 0 Å². The van der Waals surface area contributed by atoms with Gasteiger partial charge in [0.2, 0.25) is 0 Å². The van der Waals surface area contributed by atoms with E-state index >= 15 is 0 Å². The van der Waals surface area contributed by atoms with Crippen LogP contribution in [0.2, 0.25) is 10.0 Å². The molecular weight excluding hydrogens is 291 g/mol. The van der Waals surface area contributed by atoms with Crippen LogP contribution in [0.5, 0.6) is 0 Å². The van der Waals surface area contributed by atoms with Crippen molar-refractivity contribution in [3.8, 4) is 0 Å². The maximum atomic E-state index is 11.6. The Morgan fingerprint density at radius 1 is 1.33 bits per heavy atom. The Hall–Kier alpha value is -1.36. The van der Waals surface area contributed by atoms with Gasteiger partial charge in [-0.15, -0.1) is 11.3 Å². The van der Waals surface area contributed by atoms with E-state index in [0.717, 1.165) is 0 Å².